The Morgan fingerprint density at radius 2 is 2.12 bits per heavy atom. The molecule has 144 valence electrons. The van der Waals surface area contributed by atoms with Gasteiger partial charge in [-0.25, -0.2) is 0 Å². The molecule has 0 spiro atoms. The predicted molar refractivity (Wildman–Crippen MR) is 110 cm³/mol. The Labute approximate surface area is 157 Å². The van der Waals surface area contributed by atoms with Gasteiger partial charge in [-0.05, 0) is 64.9 Å². The molecule has 0 aliphatic heterocycles. The van der Waals surface area contributed by atoms with E-state index in [0.29, 0.717) is 0 Å². The number of hydrogen-bond donors (Lipinski definition) is 2. The molecule has 5 nitrogen and oxygen atoms in total. The van der Waals surface area contributed by atoms with Gasteiger partial charge in [0.2, 0.25) is 0 Å². The highest BCUT2D eigenvalue weighted by atomic mass is 16.1. The number of nitrogens with zero attached hydrogens (tertiary/aromatic N) is 2. The van der Waals surface area contributed by atoms with Crippen molar-refractivity contribution in [2.75, 3.05) is 19.6 Å². The molecule has 1 aliphatic carbocycles. The van der Waals surface area contributed by atoms with E-state index in [4.69, 9.17) is 0 Å². The standard InChI is InChI=1S/C21H34N4O/c1-3-22-21(24-16-14-19-11-5-4-6-12-19)23-15-7-8-17-25-18(2)10-9-13-20(25)26/h9-11,13H,3-8,12,14-17H2,1-2H3,(H2,22,23,24). The van der Waals surface area contributed by atoms with E-state index in [1.807, 2.05) is 23.6 Å². The van der Waals surface area contributed by atoms with Crippen molar-refractivity contribution in [3.63, 3.8) is 0 Å². The Morgan fingerprint density at radius 3 is 2.85 bits per heavy atom. The van der Waals surface area contributed by atoms with E-state index in [-0.39, 0.29) is 5.56 Å². The van der Waals surface area contributed by atoms with Gasteiger partial charge in [0, 0.05) is 37.9 Å². The molecule has 0 unspecified atom stereocenters. The fourth-order valence-electron chi connectivity index (χ4n) is 3.30. The molecule has 0 atom stereocenters. The first-order chi connectivity index (χ1) is 12.7. The second-order valence-corrected chi connectivity index (χ2v) is 6.91. The van der Waals surface area contributed by atoms with Crippen LogP contribution in [0.4, 0.5) is 0 Å². The normalized spacial score (nSPS) is 14.8. The maximum absolute atomic E-state index is 11.9. The summed E-state index contributed by atoms with van der Waals surface area (Å²) in [6.45, 7) is 7.42. The van der Waals surface area contributed by atoms with Crippen LogP contribution in [-0.2, 0) is 6.54 Å². The predicted octanol–water partition coefficient (Wildman–Crippen LogP) is 3.38. The zero-order valence-electron chi connectivity index (χ0n) is 16.4. The minimum Gasteiger partial charge on any atom is -0.357 e. The van der Waals surface area contributed by atoms with Gasteiger partial charge in [0.15, 0.2) is 5.96 Å². The quantitative estimate of drug-likeness (QED) is 0.308. The summed E-state index contributed by atoms with van der Waals surface area (Å²) in [7, 11) is 0. The topological polar surface area (TPSA) is 58.4 Å². The van der Waals surface area contributed by atoms with E-state index >= 15 is 0 Å². The molecule has 0 saturated heterocycles. The fraction of sp³-hybridized carbons (Fsp3) is 0.619. The maximum Gasteiger partial charge on any atom is 0.250 e. The minimum atomic E-state index is 0.0838. The number of aromatic nitrogens is 1. The number of hydrogen-bond acceptors (Lipinski definition) is 2. The third-order valence-corrected chi connectivity index (χ3v) is 4.80. The van der Waals surface area contributed by atoms with E-state index < -0.39 is 0 Å². The van der Waals surface area contributed by atoms with Gasteiger partial charge in [-0.1, -0.05) is 17.7 Å². The van der Waals surface area contributed by atoms with E-state index in [9.17, 15) is 4.79 Å². The molecule has 1 heterocycles. The third-order valence-electron chi connectivity index (χ3n) is 4.80. The second-order valence-electron chi connectivity index (χ2n) is 6.91. The van der Waals surface area contributed by atoms with Gasteiger partial charge in [-0.3, -0.25) is 9.79 Å². The molecule has 1 aromatic rings. The molecule has 0 aromatic carbocycles. The number of unbranched alkanes of at least 4 members (excludes halogenated alkanes) is 1. The lowest BCUT2D eigenvalue weighted by molar-refractivity contribution is 0.585. The van der Waals surface area contributed by atoms with Crippen LogP contribution in [0.15, 0.2) is 39.6 Å². The van der Waals surface area contributed by atoms with Crippen LogP contribution in [0.3, 0.4) is 0 Å². The van der Waals surface area contributed by atoms with Crippen LogP contribution in [0.2, 0.25) is 0 Å². The van der Waals surface area contributed by atoms with Crippen LogP contribution < -0.4 is 16.2 Å². The molecular weight excluding hydrogens is 324 g/mol. The number of allylic oxidation sites excluding steroid dienone is 1. The number of aliphatic imine (C=N–C) groups is 1. The van der Waals surface area contributed by atoms with Crippen LogP contribution >= 0.6 is 0 Å². The van der Waals surface area contributed by atoms with Crippen molar-refractivity contribution < 1.29 is 0 Å². The van der Waals surface area contributed by atoms with E-state index in [2.05, 4.69) is 28.6 Å². The number of aryl methyl sites for hydroxylation is 1. The summed E-state index contributed by atoms with van der Waals surface area (Å²) in [5.74, 6) is 0.900. The molecule has 0 bridgehead atoms. The Kier molecular flexibility index (Phi) is 9.01. The van der Waals surface area contributed by atoms with Crippen molar-refractivity contribution >= 4 is 5.96 Å². The highest BCUT2D eigenvalue weighted by molar-refractivity contribution is 5.79. The number of pyridine rings is 1. The van der Waals surface area contributed by atoms with Gasteiger partial charge in [0.05, 0.1) is 0 Å². The van der Waals surface area contributed by atoms with Crippen LogP contribution in [0.1, 0.15) is 57.6 Å². The zero-order valence-corrected chi connectivity index (χ0v) is 16.4. The van der Waals surface area contributed by atoms with Crippen LogP contribution in [0, 0.1) is 6.92 Å². The average molecular weight is 359 g/mol. The van der Waals surface area contributed by atoms with E-state index in [1.54, 1.807) is 11.6 Å². The summed E-state index contributed by atoms with van der Waals surface area (Å²) >= 11 is 0. The summed E-state index contributed by atoms with van der Waals surface area (Å²) in [6, 6.07) is 5.42. The molecule has 26 heavy (non-hydrogen) atoms. The highest BCUT2D eigenvalue weighted by Gasteiger charge is 2.04. The average Bonchev–Trinajstić information content (AvgIpc) is 2.64. The molecular formula is C21H34N4O. The van der Waals surface area contributed by atoms with Crippen molar-refractivity contribution in [1.82, 2.24) is 15.2 Å². The highest BCUT2D eigenvalue weighted by Crippen LogP contribution is 2.19. The number of rotatable bonds is 9. The van der Waals surface area contributed by atoms with Gasteiger partial charge >= 0.3 is 0 Å². The molecule has 2 N–H and O–H groups in total. The first-order valence-electron chi connectivity index (χ1n) is 10.1. The number of nitrogens with one attached hydrogen (secondary N) is 2. The molecule has 0 saturated carbocycles. The second kappa shape index (κ2) is 11.6. The molecule has 5 heteroatoms. The number of guanidine groups is 1. The summed E-state index contributed by atoms with van der Waals surface area (Å²) in [5.41, 5.74) is 2.69. The first-order valence-corrected chi connectivity index (χ1v) is 10.1. The smallest absolute Gasteiger partial charge is 0.250 e. The van der Waals surface area contributed by atoms with Crippen molar-refractivity contribution in [3.05, 3.63) is 45.9 Å². The van der Waals surface area contributed by atoms with Gasteiger partial charge in [-0.2, -0.15) is 0 Å². The summed E-state index contributed by atoms with van der Waals surface area (Å²) in [5, 5.41) is 6.75. The molecule has 1 aromatic heterocycles. The lowest BCUT2D eigenvalue weighted by Gasteiger charge is -2.15. The van der Waals surface area contributed by atoms with Crippen molar-refractivity contribution in [3.8, 4) is 0 Å². The Bertz CT molecular complexity index is 660. The zero-order chi connectivity index (χ0) is 18.6. The van der Waals surface area contributed by atoms with Crippen LogP contribution in [0.5, 0.6) is 0 Å². The minimum absolute atomic E-state index is 0.0838. The van der Waals surface area contributed by atoms with Crippen LogP contribution in [-0.4, -0.2) is 30.2 Å². The van der Waals surface area contributed by atoms with E-state index in [0.717, 1.165) is 57.1 Å². The SMILES string of the molecule is CCNC(=NCCCCn1c(C)cccc1=O)NCCC1=CCCCC1. The molecule has 0 radical (unpaired) electrons. The van der Waals surface area contributed by atoms with Crippen molar-refractivity contribution in [2.24, 2.45) is 4.99 Å². The van der Waals surface area contributed by atoms with Crippen LogP contribution in [0.25, 0.3) is 0 Å². The van der Waals surface area contributed by atoms with Gasteiger partial charge in [-0.15, -0.1) is 0 Å². The van der Waals surface area contributed by atoms with Gasteiger partial charge < -0.3 is 15.2 Å². The van der Waals surface area contributed by atoms with Gasteiger partial charge in [0.1, 0.15) is 0 Å². The van der Waals surface area contributed by atoms with E-state index in [1.165, 1.54) is 25.7 Å². The third kappa shape index (κ3) is 7.06. The summed E-state index contributed by atoms with van der Waals surface area (Å²) < 4.78 is 1.84. The maximum atomic E-state index is 11.9. The molecule has 0 fully saturated rings. The Morgan fingerprint density at radius 1 is 1.23 bits per heavy atom. The van der Waals surface area contributed by atoms with Crippen molar-refractivity contribution in [1.29, 1.82) is 0 Å². The molecule has 0 amide bonds. The monoisotopic (exact) mass is 358 g/mol. The first kappa shape index (κ1) is 20.3. The molecule has 1 aliphatic rings. The largest absolute Gasteiger partial charge is 0.357 e. The summed E-state index contributed by atoms with van der Waals surface area (Å²) in [4.78, 5) is 16.5. The lowest BCUT2D eigenvalue weighted by Crippen LogP contribution is -2.38. The fourth-order valence-corrected chi connectivity index (χ4v) is 3.30. The molecule has 2 rings (SSSR count). The summed E-state index contributed by atoms with van der Waals surface area (Å²) in [6.07, 6.45) is 10.6. The van der Waals surface area contributed by atoms with Crippen molar-refractivity contribution in [2.45, 2.75) is 65.3 Å². The Balaban J connectivity index is 1.70. The van der Waals surface area contributed by atoms with Gasteiger partial charge in [0.25, 0.3) is 5.56 Å². The Hall–Kier alpha value is -2.04. The lowest BCUT2D eigenvalue weighted by atomic mass is 9.97.